The molecule has 3 aromatic rings. The molecule has 26 heavy (non-hydrogen) atoms. The van der Waals surface area contributed by atoms with Crippen LogP contribution < -0.4 is 10.6 Å². The van der Waals surface area contributed by atoms with Gasteiger partial charge in [-0.1, -0.05) is 59.7 Å². The van der Waals surface area contributed by atoms with E-state index in [2.05, 4.69) is 46.8 Å². The summed E-state index contributed by atoms with van der Waals surface area (Å²) >= 11 is 0. The number of anilines is 2. The first-order valence-corrected chi connectivity index (χ1v) is 8.69. The van der Waals surface area contributed by atoms with Gasteiger partial charge < -0.3 is 10.6 Å². The van der Waals surface area contributed by atoms with Gasteiger partial charge in [0.15, 0.2) is 0 Å². The maximum absolute atomic E-state index is 12.1. The van der Waals surface area contributed by atoms with Crippen molar-refractivity contribution in [2.75, 3.05) is 10.6 Å². The highest BCUT2D eigenvalue weighted by atomic mass is 16.1. The van der Waals surface area contributed by atoms with Gasteiger partial charge in [-0.25, -0.2) is 4.98 Å². The second kappa shape index (κ2) is 8.30. The molecule has 3 rings (SSSR count). The van der Waals surface area contributed by atoms with Crippen molar-refractivity contribution < 1.29 is 4.79 Å². The fraction of sp³-hybridized carbons (Fsp3) is 0.182. The zero-order chi connectivity index (χ0) is 18.4. The van der Waals surface area contributed by atoms with Gasteiger partial charge in [0.2, 0.25) is 5.91 Å². The van der Waals surface area contributed by atoms with Crippen molar-refractivity contribution in [1.82, 2.24) is 4.98 Å². The highest BCUT2D eigenvalue weighted by molar-refractivity contribution is 5.92. The highest BCUT2D eigenvalue weighted by Crippen LogP contribution is 2.12. The number of hydrogen-bond acceptors (Lipinski definition) is 3. The fourth-order valence-corrected chi connectivity index (χ4v) is 2.57. The smallest absolute Gasteiger partial charge is 0.228 e. The maximum atomic E-state index is 12.1. The van der Waals surface area contributed by atoms with Crippen molar-refractivity contribution in [3.05, 3.63) is 89.1 Å². The molecule has 0 saturated heterocycles. The van der Waals surface area contributed by atoms with Crippen LogP contribution in [0.4, 0.5) is 11.5 Å². The van der Waals surface area contributed by atoms with E-state index in [1.165, 1.54) is 16.7 Å². The van der Waals surface area contributed by atoms with Crippen LogP contribution in [0.15, 0.2) is 66.9 Å². The Morgan fingerprint density at radius 3 is 2.04 bits per heavy atom. The van der Waals surface area contributed by atoms with Crippen LogP contribution >= 0.6 is 0 Å². The molecule has 1 aromatic heterocycles. The summed E-state index contributed by atoms with van der Waals surface area (Å²) in [5.41, 5.74) is 5.33. The topological polar surface area (TPSA) is 54.0 Å². The number of aromatic nitrogens is 1. The van der Waals surface area contributed by atoms with E-state index in [1.807, 2.05) is 43.3 Å². The molecule has 0 aliphatic carbocycles. The van der Waals surface area contributed by atoms with E-state index >= 15 is 0 Å². The molecule has 2 N–H and O–H groups in total. The van der Waals surface area contributed by atoms with Crippen molar-refractivity contribution >= 4 is 17.4 Å². The van der Waals surface area contributed by atoms with Crippen LogP contribution in [0, 0.1) is 13.8 Å². The molecule has 1 amide bonds. The van der Waals surface area contributed by atoms with Crippen LogP contribution in [0.25, 0.3) is 0 Å². The zero-order valence-corrected chi connectivity index (χ0v) is 15.1. The number of rotatable bonds is 6. The lowest BCUT2D eigenvalue weighted by atomic mass is 10.1. The average Bonchev–Trinajstić information content (AvgIpc) is 2.64. The van der Waals surface area contributed by atoms with Crippen LogP contribution in [0.1, 0.15) is 22.3 Å². The second-order valence-corrected chi connectivity index (χ2v) is 6.48. The van der Waals surface area contributed by atoms with E-state index in [4.69, 9.17) is 0 Å². The number of amides is 1. The molecule has 0 bridgehead atoms. The third-order valence-electron chi connectivity index (χ3n) is 4.13. The molecule has 0 aliphatic heterocycles. The standard InChI is InChI=1S/C22H23N3O/c1-16-3-7-18(8-4-16)13-22(26)25-20-11-12-21(24-15-20)23-14-19-9-5-17(2)6-10-19/h3-12,15H,13-14H2,1-2H3,(H,23,24)(H,25,26). The fourth-order valence-electron chi connectivity index (χ4n) is 2.57. The second-order valence-electron chi connectivity index (χ2n) is 6.48. The SMILES string of the molecule is Cc1ccc(CNc2ccc(NC(=O)Cc3ccc(C)cc3)cn2)cc1. The van der Waals surface area contributed by atoms with Crippen LogP contribution in [-0.4, -0.2) is 10.9 Å². The first kappa shape index (κ1) is 17.7. The van der Waals surface area contributed by atoms with Gasteiger partial charge in [0, 0.05) is 6.54 Å². The Balaban J connectivity index is 1.51. The van der Waals surface area contributed by atoms with Crippen LogP contribution in [0.2, 0.25) is 0 Å². The van der Waals surface area contributed by atoms with Crippen LogP contribution in [0.5, 0.6) is 0 Å². The number of benzene rings is 2. The molecule has 4 nitrogen and oxygen atoms in total. The van der Waals surface area contributed by atoms with E-state index in [-0.39, 0.29) is 5.91 Å². The van der Waals surface area contributed by atoms with Gasteiger partial charge in [-0.05, 0) is 37.1 Å². The summed E-state index contributed by atoms with van der Waals surface area (Å²) in [5, 5.41) is 6.17. The quantitative estimate of drug-likeness (QED) is 0.692. The predicted molar refractivity (Wildman–Crippen MR) is 106 cm³/mol. The predicted octanol–water partition coefficient (Wildman–Crippen LogP) is 4.49. The molecule has 0 aliphatic rings. The first-order valence-electron chi connectivity index (χ1n) is 8.69. The largest absolute Gasteiger partial charge is 0.366 e. The molecule has 0 fully saturated rings. The van der Waals surface area contributed by atoms with E-state index < -0.39 is 0 Å². The Morgan fingerprint density at radius 1 is 0.846 bits per heavy atom. The molecule has 0 atom stereocenters. The number of pyridine rings is 1. The minimum Gasteiger partial charge on any atom is -0.366 e. The Morgan fingerprint density at radius 2 is 1.46 bits per heavy atom. The van der Waals surface area contributed by atoms with Crippen LogP contribution in [-0.2, 0) is 17.8 Å². The summed E-state index contributed by atoms with van der Waals surface area (Å²) in [5.74, 6) is 0.734. The van der Waals surface area contributed by atoms with Crippen LogP contribution in [0.3, 0.4) is 0 Å². The first-order chi connectivity index (χ1) is 12.6. The van der Waals surface area contributed by atoms with Gasteiger partial charge in [-0.3, -0.25) is 4.79 Å². The highest BCUT2D eigenvalue weighted by Gasteiger charge is 2.05. The Kier molecular flexibility index (Phi) is 5.64. The van der Waals surface area contributed by atoms with E-state index in [1.54, 1.807) is 6.20 Å². The summed E-state index contributed by atoms with van der Waals surface area (Å²) in [6.45, 7) is 4.82. The van der Waals surface area contributed by atoms with Crippen molar-refractivity contribution in [3.63, 3.8) is 0 Å². The molecule has 2 aromatic carbocycles. The lowest BCUT2D eigenvalue weighted by Gasteiger charge is -2.08. The summed E-state index contributed by atoms with van der Waals surface area (Å²) in [7, 11) is 0. The molecule has 1 heterocycles. The van der Waals surface area contributed by atoms with Crippen molar-refractivity contribution in [3.8, 4) is 0 Å². The van der Waals surface area contributed by atoms with Gasteiger partial charge in [0.1, 0.15) is 5.82 Å². The Hall–Kier alpha value is -3.14. The molecule has 4 heteroatoms. The monoisotopic (exact) mass is 345 g/mol. The molecule has 132 valence electrons. The summed E-state index contributed by atoms with van der Waals surface area (Å²) in [6.07, 6.45) is 2.03. The summed E-state index contributed by atoms with van der Waals surface area (Å²) in [6, 6.07) is 20.1. The third-order valence-corrected chi connectivity index (χ3v) is 4.13. The molecule has 0 radical (unpaired) electrons. The van der Waals surface area contributed by atoms with E-state index in [0.29, 0.717) is 18.7 Å². The van der Waals surface area contributed by atoms with E-state index in [9.17, 15) is 4.79 Å². The number of aryl methyl sites for hydroxylation is 2. The molecule has 0 saturated carbocycles. The molecule has 0 unspecified atom stereocenters. The maximum Gasteiger partial charge on any atom is 0.228 e. The Labute approximate surface area is 154 Å². The van der Waals surface area contributed by atoms with Crippen molar-refractivity contribution in [2.24, 2.45) is 0 Å². The lowest BCUT2D eigenvalue weighted by molar-refractivity contribution is -0.115. The minimum atomic E-state index is -0.0454. The van der Waals surface area contributed by atoms with Crippen molar-refractivity contribution in [1.29, 1.82) is 0 Å². The number of nitrogens with one attached hydrogen (secondary N) is 2. The van der Waals surface area contributed by atoms with Gasteiger partial charge in [0.05, 0.1) is 18.3 Å². The lowest BCUT2D eigenvalue weighted by Crippen LogP contribution is -2.14. The average molecular weight is 345 g/mol. The summed E-state index contributed by atoms with van der Waals surface area (Å²) in [4.78, 5) is 16.5. The van der Waals surface area contributed by atoms with Gasteiger partial charge in [0.25, 0.3) is 0 Å². The molecular weight excluding hydrogens is 322 g/mol. The zero-order valence-electron chi connectivity index (χ0n) is 15.1. The third kappa shape index (κ3) is 5.18. The number of carbonyl (C=O) groups excluding carboxylic acids is 1. The summed E-state index contributed by atoms with van der Waals surface area (Å²) < 4.78 is 0. The van der Waals surface area contributed by atoms with Gasteiger partial charge >= 0.3 is 0 Å². The molecular formula is C22H23N3O. The van der Waals surface area contributed by atoms with E-state index in [0.717, 1.165) is 11.4 Å². The van der Waals surface area contributed by atoms with Crippen molar-refractivity contribution in [2.45, 2.75) is 26.8 Å². The number of nitrogens with zero attached hydrogens (tertiary/aromatic N) is 1. The van der Waals surface area contributed by atoms with Gasteiger partial charge in [-0.2, -0.15) is 0 Å². The Bertz CT molecular complexity index is 853. The number of carbonyl (C=O) groups is 1. The minimum absolute atomic E-state index is 0.0454. The normalized spacial score (nSPS) is 10.4. The van der Waals surface area contributed by atoms with Gasteiger partial charge in [-0.15, -0.1) is 0 Å². The molecule has 0 spiro atoms. The number of hydrogen-bond donors (Lipinski definition) is 2.